The van der Waals surface area contributed by atoms with Gasteiger partial charge >= 0.3 is 0 Å². The Labute approximate surface area is 117 Å². The molecule has 0 bridgehead atoms. The maximum Gasteiger partial charge on any atom is 0.211 e. The second-order valence-corrected chi connectivity index (χ2v) is 7.08. The van der Waals surface area contributed by atoms with E-state index in [0.717, 1.165) is 5.56 Å². The summed E-state index contributed by atoms with van der Waals surface area (Å²) in [6, 6.07) is 4.66. The largest absolute Gasteiger partial charge is 0.296 e. The maximum atomic E-state index is 13.0. The number of nitrogens with zero attached hydrogens (tertiary/aromatic N) is 2. The molecule has 0 unspecified atom stereocenters. The number of sulfonamides is 1. The highest BCUT2D eigenvalue weighted by molar-refractivity contribution is 7.88. The van der Waals surface area contributed by atoms with Crippen LogP contribution in [0.2, 0.25) is 5.02 Å². The Morgan fingerprint density at radius 2 is 1.89 bits per heavy atom. The Morgan fingerprint density at radius 1 is 1.26 bits per heavy atom. The quantitative estimate of drug-likeness (QED) is 0.851. The monoisotopic (exact) mass is 306 g/mol. The lowest BCUT2D eigenvalue weighted by Crippen LogP contribution is -2.47. The van der Waals surface area contributed by atoms with Crippen molar-refractivity contribution in [1.82, 2.24) is 9.21 Å². The minimum atomic E-state index is -3.10. The normalized spacial score (nSPS) is 18.7. The topological polar surface area (TPSA) is 40.6 Å². The highest BCUT2D eigenvalue weighted by Gasteiger charge is 2.23. The summed E-state index contributed by atoms with van der Waals surface area (Å²) in [6.07, 6.45) is 1.22. The van der Waals surface area contributed by atoms with Crippen molar-refractivity contribution >= 4 is 21.6 Å². The zero-order chi connectivity index (χ0) is 14.0. The minimum Gasteiger partial charge on any atom is -0.296 e. The van der Waals surface area contributed by atoms with Crippen LogP contribution in [0.5, 0.6) is 0 Å². The first-order chi connectivity index (χ1) is 8.86. The fraction of sp³-hybridized carbons (Fsp3) is 0.500. The molecular weight excluding hydrogens is 291 g/mol. The van der Waals surface area contributed by atoms with E-state index in [9.17, 15) is 12.8 Å². The van der Waals surface area contributed by atoms with Gasteiger partial charge in [-0.05, 0) is 17.7 Å². The summed E-state index contributed by atoms with van der Waals surface area (Å²) in [5.41, 5.74) is 0.930. The van der Waals surface area contributed by atoms with Crippen LogP contribution >= 0.6 is 11.6 Å². The van der Waals surface area contributed by atoms with Crippen LogP contribution in [0.4, 0.5) is 4.39 Å². The molecule has 0 N–H and O–H groups in total. The predicted octanol–water partition coefficient (Wildman–Crippen LogP) is 1.56. The van der Waals surface area contributed by atoms with Crippen LogP contribution in [-0.4, -0.2) is 50.1 Å². The van der Waals surface area contributed by atoms with Crippen molar-refractivity contribution in [3.8, 4) is 0 Å². The molecule has 0 spiro atoms. The van der Waals surface area contributed by atoms with Gasteiger partial charge in [0.05, 0.1) is 11.3 Å². The average Bonchev–Trinajstić information content (AvgIpc) is 2.33. The van der Waals surface area contributed by atoms with E-state index in [4.69, 9.17) is 11.6 Å². The molecule has 0 saturated carbocycles. The second-order valence-electron chi connectivity index (χ2n) is 4.69. The van der Waals surface area contributed by atoms with Crippen molar-refractivity contribution in [2.75, 3.05) is 32.4 Å². The van der Waals surface area contributed by atoms with Crippen LogP contribution in [0, 0.1) is 5.82 Å². The van der Waals surface area contributed by atoms with Crippen molar-refractivity contribution in [1.29, 1.82) is 0 Å². The fourth-order valence-corrected chi connectivity index (χ4v) is 3.15. The van der Waals surface area contributed by atoms with Gasteiger partial charge in [-0.25, -0.2) is 12.8 Å². The summed E-state index contributed by atoms with van der Waals surface area (Å²) in [7, 11) is -3.10. The Hall–Kier alpha value is -0.690. The Morgan fingerprint density at radius 3 is 2.42 bits per heavy atom. The van der Waals surface area contributed by atoms with E-state index in [0.29, 0.717) is 32.7 Å². The standard InChI is InChI=1S/C12H16ClFN2O2S/c1-19(17,18)16-6-4-15(5-7-16)9-10-2-3-12(14)11(13)8-10/h2-3,8H,4-7,9H2,1H3. The zero-order valence-electron chi connectivity index (χ0n) is 10.6. The van der Waals surface area contributed by atoms with Crippen LogP contribution < -0.4 is 0 Å². The highest BCUT2D eigenvalue weighted by Crippen LogP contribution is 2.18. The molecule has 2 rings (SSSR count). The van der Waals surface area contributed by atoms with Gasteiger partial charge in [0, 0.05) is 32.7 Å². The van der Waals surface area contributed by atoms with Crippen LogP contribution in [-0.2, 0) is 16.6 Å². The molecule has 1 aromatic rings. The molecular formula is C12H16ClFN2O2S. The maximum absolute atomic E-state index is 13.0. The van der Waals surface area contributed by atoms with Crippen molar-refractivity contribution in [2.24, 2.45) is 0 Å². The fourth-order valence-electron chi connectivity index (χ4n) is 2.12. The smallest absolute Gasteiger partial charge is 0.211 e. The highest BCUT2D eigenvalue weighted by atomic mass is 35.5. The Bertz CT molecular complexity index is 557. The van der Waals surface area contributed by atoms with Crippen LogP contribution in [0.1, 0.15) is 5.56 Å². The first kappa shape index (κ1) is 14.7. The summed E-state index contributed by atoms with van der Waals surface area (Å²) in [5, 5.41) is 0.118. The number of benzene rings is 1. The number of hydrogen-bond donors (Lipinski definition) is 0. The third-order valence-corrected chi connectivity index (χ3v) is 4.78. The predicted molar refractivity (Wildman–Crippen MR) is 73.1 cm³/mol. The molecule has 0 atom stereocenters. The Kier molecular flexibility index (Phi) is 4.45. The summed E-state index contributed by atoms with van der Waals surface area (Å²) in [4.78, 5) is 2.13. The molecule has 0 radical (unpaired) electrons. The van der Waals surface area contributed by atoms with Crippen molar-refractivity contribution < 1.29 is 12.8 Å². The van der Waals surface area contributed by atoms with Crippen molar-refractivity contribution in [3.63, 3.8) is 0 Å². The van der Waals surface area contributed by atoms with Gasteiger partial charge < -0.3 is 0 Å². The third kappa shape index (κ3) is 3.89. The first-order valence-electron chi connectivity index (χ1n) is 5.97. The van der Waals surface area contributed by atoms with Gasteiger partial charge in [-0.1, -0.05) is 17.7 Å². The molecule has 1 saturated heterocycles. The number of hydrogen-bond acceptors (Lipinski definition) is 3. The van der Waals surface area contributed by atoms with E-state index in [-0.39, 0.29) is 5.02 Å². The van der Waals surface area contributed by atoms with Crippen LogP contribution in [0.15, 0.2) is 18.2 Å². The first-order valence-corrected chi connectivity index (χ1v) is 8.20. The lowest BCUT2D eigenvalue weighted by molar-refractivity contribution is 0.182. The minimum absolute atomic E-state index is 0.118. The molecule has 1 aliphatic rings. The van der Waals surface area contributed by atoms with Crippen LogP contribution in [0.3, 0.4) is 0 Å². The summed E-state index contributed by atoms with van der Waals surface area (Å²) in [5.74, 6) is -0.424. The molecule has 0 aromatic heterocycles. The SMILES string of the molecule is CS(=O)(=O)N1CCN(Cc2ccc(F)c(Cl)c2)CC1. The molecule has 0 aliphatic carbocycles. The molecule has 1 fully saturated rings. The van der Waals surface area contributed by atoms with Gasteiger partial charge in [-0.3, -0.25) is 4.90 Å². The summed E-state index contributed by atoms with van der Waals surface area (Å²) < 4.78 is 37.3. The lowest BCUT2D eigenvalue weighted by Gasteiger charge is -2.33. The molecule has 106 valence electrons. The van der Waals surface area contributed by atoms with E-state index >= 15 is 0 Å². The van der Waals surface area contributed by atoms with Crippen LogP contribution in [0.25, 0.3) is 0 Å². The lowest BCUT2D eigenvalue weighted by atomic mass is 10.2. The third-order valence-electron chi connectivity index (χ3n) is 3.19. The number of rotatable bonds is 3. The molecule has 7 heteroatoms. The summed E-state index contributed by atoms with van der Waals surface area (Å²) in [6.45, 7) is 2.98. The molecule has 1 aliphatic heterocycles. The molecule has 4 nitrogen and oxygen atoms in total. The van der Waals surface area contributed by atoms with E-state index in [1.165, 1.54) is 16.6 Å². The molecule has 19 heavy (non-hydrogen) atoms. The van der Waals surface area contributed by atoms with E-state index < -0.39 is 15.8 Å². The van der Waals surface area contributed by atoms with Gasteiger partial charge in [-0.15, -0.1) is 0 Å². The van der Waals surface area contributed by atoms with Gasteiger partial charge in [0.25, 0.3) is 0 Å². The number of halogens is 2. The van der Waals surface area contributed by atoms with Gasteiger partial charge in [0.1, 0.15) is 5.82 Å². The van der Waals surface area contributed by atoms with Crippen molar-refractivity contribution in [2.45, 2.75) is 6.54 Å². The van der Waals surface area contributed by atoms with Crippen molar-refractivity contribution in [3.05, 3.63) is 34.6 Å². The van der Waals surface area contributed by atoms with Gasteiger partial charge in [0.15, 0.2) is 0 Å². The molecule has 1 aromatic carbocycles. The molecule has 0 amide bonds. The van der Waals surface area contributed by atoms with Gasteiger partial charge in [-0.2, -0.15) is 4.31 Å². The average molecular weight is 307 g/mol. The van der Waals surface area contributed by atoms with Gasteiger partial charge in [0.2, 0.25) is 10.0 Å². The second kappa shape index (κ2) is 5.75. The van der Waals surface area contributed by atoms with E-state index in [2.05, 4.69) is 4.90 Å². The Balaban J connectivity index is 1.94. The number of piperazine rings is 1. The van der Waals surface area contributed by atoms with E-state index in [1.54, 1.807) is 12.1 Å². The van der Waals surface area contributed by atoms with E-state index in [1.807, 2.05) is 0 Å². The summed E-state index contributed by atoms with van der Waals surface area (Å²) >= 11 is 5.73. The zero-order valence-corrected chi connectivity index (χ0v) is 12.2. The molecule has 1 heterocycles.